The van der Waals surface area contributed by atoms with E-state index >= 15 is 0 Å². The van der Waals surface area contributed by atoms with Gasteiger partial charge in [-0.2, -0.15) is 0 Å². The second-order valence-electron chi connectivity index (χ2n) is 4.77. The zero-order valence-corrected chi connectivity index (χ0v) is 11.7. The van der Waals surface area contributed by atoms with Crippen LogP contribution in [0, 0.1) is 6.92 Å². The summed E-state index contributed by atoms with van der Waals surface area (Å²) in [5, 5.41) is 12.1. The number of nitrogens with one attached hydrogen (secondary N) is 1. The number of fused-ring (bicyclic) bond motifs is 1. The van der Waals surface area contributed by atoms with Gasteiger partial charge in [0.05, 0.1) is 0 Å². The fourth-order valence-electron chi connectivity index (χ4n) is 2.03. The summed E-state index contributed by atoms with van der Waals surface area (Å²) in [5.74, 6) is -1.42. The number of benzene rings is 1. The second kappa shape index (κ2) is 5.36. The standard InChI is InChI=1S/C15H17NO4/c1-4-10-5-6-12-11(7-10)8(2)13(20-12)14(17)16-9(3)15(18)19/h5-7,9H,4H2,1-3H3,(H,16,17)(H,18,19)/t9-/m0/s1. The van der Waals surface area contributed by atoms with E-state index < -0.39 is 17.9 Å². The highest BCUT2D eigenvalue weighted by Crippen LogP contribution is 2.26. The van der Waals surface area contributed by atoms with Crippen molar-refractivity contribution in [3.05, 3.63) is 35.1 Å². The summed E-state index contributed by atoms with van der Waals surface area (Å²) in [6.07, 6.45) is 0.901. The van der Waals surface area contributed by atoms with Gasteiger partial charge in [-0.3, -0.25) is 9.59 Å². The molecule has 5 nitrogen and oxygen atoms in total. The summed E-state index contributed by atoms with van der Waals surface area (Å²) in [7, 11) is 0. The summed E-state index contributed by atoms with van der Waals surface area (Å²) < 4.78 is 5.54. The average Bonchev–Trinajstić information content (AvgIpc) is 2.75. The van der Waals surface area contributed by atoms with Crippen LogP contribution in [0.5, 0.6) is 0 Å². The Morgan fingerprint density at radius 3 is 2.70 bits per heavy atom. The lowest BCUT2D eigenvalue weighted by Crippen LogP contribution is -2.38. The Labute approximate surface area is 116 Å². The largest absolute Gasteiger partial charge is 0.480 e. The first-order valence-corrected chi connectivity index (χ1v) is 6.49. The van der Waals surface area contributed by atoms with Crippen molar-refractivity contribution >= 4 is 22.8 Å². The molecule has 1 heterocycles. The molecule has 1 aromatic heterocycles. The number of carboxylic acid groups (broad SMARTS) is 1. The zero-order valence-electron chi connectivity index (χ0n) is 11.7. The molecule has 0 fully saturated rings. The number of carboxylic acids is 1. The van der Waals surface area contributed by atoms with Crippen LogP contribution in [-0.4, -0.2) is 23.0 Å². The number of furan rings is 1. The third-order valence-electron chi connectivity index (χ3n) is 3.33. The lowest BCUT2D eigenvalue weighted by atomic mass is 10.1. The van der Waals surface area contributed by atoms with Crippen LogP contribution < -0.4 is 5.32 Å². The SMILES string of the molecule is CCc1ccc2oc(C(=O)N[C@@H](C)C(=O)O)c(C)c2c1. The minimum atomic E-state index is -1.08. The Bertz CT molecular complexity index is 672. The van der Waals surface area contributed by atoms with Crippen LogP contribution in [0.4, 0.5) is 0 Å². The van der Waals surface area contributed by atoms with E-state index in [-0.39, 0.29) is 5.76 Å². The molecule has 1 aromatic carbocycles. The Balaban J connectivity index is 2.37. The number of hydrogen-bond acceptors (Lipinski definition) is 3. The molecule has 5 heteroatoms. The van der Waals surface area contributed by atoms with Crippen molar-refractivity contribution in [1.29, 1.82) is 0 Å². The van der Waals surface area contributed by atoms with Crippen molar-refractivity contribution in [2.75, 3.05) is 0 Å². The van der Waals surface area contributed by atoms with E-state index in [1.165, 1.54) is 6.92 Å². The highest BCUT2D eigenvalue weighted by atomic mass is 16.4. The molecule has 0 spiro atoms. The van der Waals surface area contributed by atoms with Gasteiger partial charge < -0.3 is 14.8 Å². The molecule has 2 rings (SSSR count). The quantitative estimate of drug-likeness (QED) is 0.898. The first kappa shape index (κ1) is 14.1. The van der Waals surface area contributed by atoms with Crippen LogP contribution in [0.3, 0.4) is 0 Å². The van der Waals surface area contributed by atoms with Gasteiger partial charge >= 0.3 is 5.97 Å². The van der Waals surface area contributed by atoms with Crippen LogP contribution in [0.25, 0.3) is 11.0 Å². The number of hydrogen-bond donors (Lipinski definition) is 2. The van der Waals surface area contributed by atoms with Crippen LogP contribution in [0.1, 0.15) is 35.5 Å². The number of amides is 1. The zero-order chi connectivity index (χ0) is 14.9. The first-order chi connectivity index (χ1) is 9.43. The van der Waals surface area contributed by atoms with E-state index in [9.17, 15) is 9.59 Å². The Kier molecular flexibility index (Phi) is 3.79. The molecule has 20 heavy (non-hydrogen) atoms. The number of aryl methyl sites for hydroxylation is 2. The molecule has 0 aliphatic rings. The van der Waals surface area contributed by atoms with Crippen molar-refractivity contribution in [1.82, 2.24) is 5.32 Å². The molecule has 2 aromatic rings. The molecule has 0 aliphatic carbocycles. The lowest BCUT2D eigenvalue weighted by molar-refractivity contribution is -0.138. The molecule has 1 atom stereocenters. The van der Waals surface area contributed by atoms with Crippen LogP contribution >= 0.6 is 0 Å². The highest BCUT2D eigenvalue weighted by Gasteiger charge is 2.21. The molecule has 0 bridgehead atoms. The van der Waals surface area contributed by atoms with E-state index in [4.69, 9.17) is 9.52 Å². The van der Waals surface area contributed by atoms with Crippen molar-refractivity contribution < 1.29 is 19.1 Å². The van der Waals surface area contributed by atoms with Crippen molar-refractivity contribution in [2.24, 2.45) is 0 Å². The third kappa shape index (κ3) is 2.52. The number of carbonyl (C=O) groups is 2. The smallest absolute Gasteiger partial charge is 0.325 e. The summed E-state index contributed by atoms with van der Waals surface area (Å²) in [4.78, 5) is 22.8. The first-order valence-electron chi connectivity index (χ1n) is 6.49. The van der Waals surface area contributed by atoms with E-state index in [1.807, 2.05) is 18.2 Å². The topological polar surface area (TPSA) is 79.5 Å². The van der Waals surface area contributed by atoms with E-state index in [2.05, 4.69) is 12.2 Å². The number of aliphatic carboxylic acids is 1. The molecule has 1 amide bonds. The van der Waals surface area contributed by atoms with Gasteiger partial charge in [-0.15, -0.1) is 0 Å². The van der Waals surface area contributed by atoms with E-state index in [0.717, 1.165) is 22.9 Å². The number of carbonyl (C=O) groups excluding carboxylic acids is 1. The Hall–Kier alpha value is -2.30. The molecule has 0 unspecified atom stereocenters. The summed E-state index contributed by atoms with van der Waals surface area (Å²) >= 11 is 0. The van der Waals surface area contributed by atoms with E-state index in [1.54, 1.807) is 6.92 Å². The average molecular weight is 275 g/mol. The van der Waals surface area contributed by atoms with Crippen LogP contribution in [0.2, 0.25) is 0 Å². The van der Waals surface area contributed by atoms with Gasteiger partial charge in [-0.25, -0.2) is 0 Å². The third-order valence-corrected chi connectivity index (χ3v) is 3.33. The van der Waals surface area contributed by atoms with E-state index in [0.29, 0.717) is 5.58 Å². The van der Waals surface area contributed by atoms with Crippen molar-refractivity contribution in [3.63, 3.8) is 0 Å². The second-order valence-corrected chi connectivity index (χ2v) is 4.77. The maximum Gasteiger partial charge on any atom is 0.325 e. The van der Waals surface area contributed by atoms with Crippen LogP contribution in [-0.2, 0) is 11.2 Å². The van der Waals surface area contributed by atoms with Crippen molar-refractivity contribution in [2.45, 2.75) is 33.2 Å². The van der Waals surface area contributed by atoms with Crippen LogP contribution in [0.15, 0.2) is 22.6 Å². The summed E-state index contributed by atoms with van der Waals surface area (Å²) in [6, 6.07) is 4.82. The highest BCUT2D eigenvalue weighted by molar-refractivity contribution is 6.00. The minimum absolute atomic E-state index is 0.168. The van der Waals surface area contributed by atoms with Gasteiger partial charge in [0.25, 0.3) is 5.91 Å². The molecule has 0 radical (unpaired) electrons. The predicted molar refractivity (Wildman–Crippen MR) is 74.9 cm³/mol. The maximum absolute atomic E-state index is 12.0. The minimum Gasteiger partial charge on any atom is -0.480 e. The summed E-state index contributed by atoms with van der Waals surface area (Å²) in [6.45, 7) is 5.26. The van der Waals surface area contributed by atoms with Gasteiger partial charge in [0.2, 0.25) is 0 Å². The van der Waals surface area contributed by atoms with Crippen molar-refractivity contribution in [3.8, 4) is 0 Å². The lowest BCUT2D eigenvalue weighted by Gasteiger charge is -2.07. The molecular weight excluding hydrogens is 258 g/mol. The Morgan fingerprint density at radius 1 is 1.40 bits per heavy atom. The van der Waals surface area contributed by atoms with Gasteiger partial charge in [-0.1, -0.05) is 13.0 Å². The fourth-order valence-corrected chi connectivity index (χ4v) is 2.03. The Morgan fingerprint density at radius 2 is 2.10 bits per heavy atom. The molecule has 2 N–H and O–H groups in total. The molecule has 0 saturated carbocycles. The molecule has 106 valence electrons. The van der Waals surface area contributed by atoms with Gasteiger partial charge in [-0.05, 0) is 38.0 Å². The molecule has 0 aliphatic heterocycles. The maximum atomic E-state index is 12.0. The van der Waals surface area contributed by atoms with Gasteiger partial charge in [0, 0.05) is 10.9 Å². The van der Waals surface area contributed by atoms with Gasteiger partial charge in [0.1, 0.15) is 11.6 Å². The normalized spacial score (nSPS) is 12.3. The predicted octanol–water partition coefficient (Wildman–Crippen LogP) is 2.51. The fraction of sp³-hybridized carbons (Fsp3) is 0.333. The van der Waals surface area contributed by atoms with Gasteiger partial charge in [0.15, 0.2) is 5.76 Å². The monoisotopic (exact) mass is 275 g/mol. The number of rotatable bonds is 4. The molecular formula is C15H17NO4. The summed E-state index contributed by atoms with van der Waals surface area (Å²) in [5.41, 5.74) is 2.52. The molecule has 0 saturated heterocycles.